The standard InChI is InChI=1S/C12H16N4OS/c1-12(2,3)14-5-8-4-10(17)16-11(15-8)9-6-13-7-18-9/h4,6-7,14H,5H2,1-3H3,(H,15,16,17). The fourth-order valence-corrected chi connectivity index (χ4v) is 1.97. The molecule has 2 N–H and O–H groups in total. The molecule has 0 aliphatic carbocycles. The predicted molar refractivity (Wildman–Crippen MR) is 72.6 cm³/mol. The number of rotatable bonds is 3. The summed E-state index contributed by atoms with van der Waals surface area (Å²) in [7, 11) is 0. The SMILES string of the molecule is CC(C)(C)NCc1cc(=O)[nH]c(-c2cncs2)n1. The lowest BCUT2D eigenvalue weighted by atomic mass is 10.1. The van der Waals surface area contributed by atoms with E-state index in [4.69, 9.17) is 0 Å². The van der Waals surface area contributed by atoms with Crippen LogP contribution in [0.4, 0.5) is 0 Å². The minimum atomic E-state index is -0.140. The molecular weight excluding hydrogens is 248 g/mol. The number of hydrogen-bond acceptors (Lipinski definition) is 5. The summed E-state index contributed by atoms with van der Waals surface area (Å²) in [5.74, 6) is 0.579. The first kappa shape index (κ1) is 12.9. The Labute approximate surface area is 109 Å². The molecule has 0 fully saturated rings. The van der Waals surface area contributed by atoms with Crippen LogP contribution >= 0.6 is 11.3 Å². The van der Waals surface area contributed by atoms with Gasteiger partial charge in [-0.2, -0.15) is 0 Å². The van der Waals surface area contributed by atoms with Gasteiger partial charge in [0.25, 0.3) is 5.56 Å². The number of aromatic amines is 1. The summed E-state index contributed by atoms with van der Waals surface area (Å²) in [6.45, 7) is 6.79. The van der Waals surface area contributed by atoms with Gasteiger partial charge in [0.2, 0.25) is 0 Å². The smallest absolute Gasteiger partial charge is 0.251 e. The van der Waals surface area contributed by atoms with Crippen LogP contribution < -0.4 is 10.9 Å². The van der Waals surface area contributed by atoms with Crippen molar-refractivity contribution < 1.29 is 0 Å². The second-order valence-corrected chi connectivity index (χ2v) is 5.94. The summed E-state index contributed by atoms with van der Waals surface area (Å²) in [5.41, 5.74) is 2.31. The highest BCUT2D eigenvalue weighted by atomic mass is 32.1. The van der Waals surface area contributed by atoms with Gasteiger partial charge in [-0.05, 0) is 20.8 Å². The third kappa shape index (κ3) is 3.48. The molecule has 2 rings (SSSR count). The van der Waals surface area contributed by atoms with Crippen molar-refractivity contribution in [1.82, 2.24) is 20.3 Å². The second kappa shape index (κ2) is 4.99. The van der Waals surface area contributed by atoms with Crippen molar-refractivity contribution in [2.24, 2.45) is 0 Å². The topological polar surface area (TPSA) is 70.7 Å². The fourth-order valence-electron chi connectivity index (χ4n) is 1.40. The van der Waals surface area contributed by atoms with Gasteiger partial charge in [0, 0.05) is 24.3 Å². The van der Waals surface area contributed by atoms with Crippen LogP contribution in [-0.4, -0.2) is 20.5 Å². The summed E-state index contributed by atoms with van der Waals surface area (Å²) in [6.07, 6.45) is 1.70. The Hall–Kier alpha value is -1.53. The Kier molecular flexibility index (Phi) is 3.58. The van der Waals surface area contributed by atoms with E-state index in [2.05, 4.69) is 41.0 Å². The first-order valence-electron chi connectivity index (χ1n) is 5.68. The van der Waals surface area contributed by atoms with E-state index in [9.17, 15) is 4.79 Å². The molecule has 0 atom stereocenters. The highest BCUT2D eigenvalue weighted by Gasteiger charge is 2.10. The molecule has 0 amide bonds. The first-order valence-corrected chi connectivity index (χ1v) is 6.56. The lowest BCUT2D eigenvalue weighted by Gasteiger charge is -2.20. The van der Waals surface area contributed by atoms with Crippen molar-refractivity contribution in [1.29, 1.82) is 0 Å². The van der Waals surface area contributed by atoms with E-state index in [0.717, 1.165) is 10.6 Å². The molecule has 5 nitrogen and oxygen atoms in total. The number of H-pyrrole nitrogens is 1. The van der Waals surface area contributed by atoms with Crippen LogP contribution in [0.25, 0.3) is 10.7 Å². The maximum absolute atomic E-state index is 11.6. The van der Waals surface area contributed by atoms with Crippen molar-refractivity contribution >= 4 is 11.3 Å². The number of hydrogen-bond donors (Lipinski definition) is 2. The summed E-state index contributed by atoms with van der Waals surface area (Å²) in [4.78, 5) is 23.6. The molecule has 0 aliphatic heterocycles. The molecule has 2 aromatic heterocycles. The zero-order chi connectivity index (χ0) is 13.2. The van der Waals surface area contributed by atoms with Gasteiger partial charge in [-0.1, -0.05) is 0 Å². The molecule has 0 saturated heterocycles. The lowest BCUT2D eigenvalue weighted by molar-refractivity contribution is 0.421. The average Bonchev–Trinajstić information content (AvgIpc) is 2.78. The molecule has 0 bridgehead atoms. The normalized spacial score (nSPS) is 11.7. The second-order valence-electron chi connectivity index (χ2n) is 5.05. The minimum absolute atomic E-state index is 0.00503. The van der Waals surface area contributed by atoms with Gasteiger partial charge in [-0.15, -0.1) is 11.3 Å². The molecule has 0 radical (unpaired) electrons. The minimum Gasteiger partial charge on any atom is -0.306 e. The van der Waals surface area contributed by atoms with Crippen LogP contribution in [0.15, 0.2) is 22.6 Å². The van der Waals surface area contributed by atoms with E-state index >= 15 is 0 Å². The summed E-state index contributed by atoms with van der Waals surface area (Å²) >= 11 is 1.45. The van der Waals surface area contributed by atoms with Crippen LogP contribution in [0.2, 0.25) is 0 Å². The quantitative estimate of drug-likeness (QED) is 0.886. The van der Waals surface area contributed by atoms with E-state index in [1.165, 1.54) is 17.4 Å². The van der Waals surface area contributed by atoms with Gasteiger partial charge in [0.1, 0.15) is 0 Å². The van der Waals surface area contributed by atoms with Crippen molar-refractivity contribution in [2.75, 3.05) is 0 Å². The molecule has 0 unspecified atom stereocenters. The first-order chi connectivity index (χ1) is 8.44. The Morgan fingerprint density at radius 2 is 2.22 bits per heavy atom. The highest BCUT2D eigenvalue weighted by molar-refractivity contribution is 7.13. The fraction of sp³-hybridized carbons (Fsp3) is 0.417. The molecule has 18 heavy (non-hydrogen) atoms. The molecule has 96 valence electrons. The van der Waals surface area contributed by atoms with Crippen LogP contribution in [0, 0.1) is 0 Å². The van der Waals surface area contributed by atoms with Gasteiger partial charge in [-0.3, -0.25) is 9.78 Å². The zero-order valence-electron chi connectivity index (χ0n) is 10.7. The summed E-state index contributed by atoms with van der Waals surface area (Å²) < 4.78 is 0. The van der Waals surface area contributed by atoms with Gasteiger partial charge in [0.15, 0.2) is 5.82 Å². The number of thiazole rings is 1. The molecule has 0 aromatic carbocycles. The van der Waals surface area contributed by atoms with Crippen molar-refractivity contribution in [2.45, 2.75) is 32.9 Å². The van der Waals surface area contributed by atoms with E-state index in [1.54, 1.807) is 11.7 Å². The third-order valence-corrected chi connectivity index (χ3v) is 3.04. The van der Waals surface area contributed by atoms with Gasteiger partial charge in [0.05, 0.1) is 16.1 Å². The Bertz CT molecular complexity index is 569. The molecule has 2 heterocycles. The zero-order valence-corrected chi connectivity index (χ0v) is 11.5. The molecular formula is C12H16N4OS. The van der Waals surface area contributed by atoms with Crippen LogP contribution in [0.5, 0.6) is 0 Å². The largest absolute Gasteiger partial charge is 0.306 e. The maximum atomic E-state index is 11.6. The van der Waals surface area contributed by atoms with Gasteiger partial charge < -0.3 is 10.3 Å². The average molecular weight is 264 g/mol. The summed E-state index contributed by atoms with van der Waals surface area (Å²) in [5, 5.41) is 3.31. The molecule has 0 spiro atoms. The van der Waals surface area contributed by atoms with E-state index in [0.29, 0.717) is 12.4 Å². The van der Waals surface area contributed by atoms with Crippen LogP contribution in [0.3, 0.4) is 0 Å². The van der Waals surface area contributed by atoms with Crippen molar-refractivity contribution in [3.05, 3.63) is 33.8 Å². The van der Waals surface area contributed by atoms with E-state index < -0.39 is 0 Å². The van der Waals surface area contributed by atoms with Gasteiger partial charge in [-0.25, -0.2) is 4.98 Å². The van der Waals surface area contributed by atoms with Crippen molar-refractivity contribution in [3.8, 4) is 10.7 Å². The predicted octanol–water partition coefficient (Wildman–Crippen LogP) is 1.78. The molecule has 0 saturated carbocycles. The van der Waals surface area contributed by atoms with Crippen LogP contribution in [0.1, 0.15) is 26.5 Å². The van der Waals surface area contributed by atoms with Crippen molar-refractivity contribution in [3.63, 3.8) is 0 Å². The third-order valence-electron chi connectivity index (χ3n) is 2.26. The van der Waals surface area contributed by atoms with Gasteiger partial charge >= 0.3 is 0 Å². The highest BCUT2D eigenvalue weighted by Crippen LogP contribution is 2.17. The van der Waals surface area contributed by atoms with Crippen LogP contribution in [-0.2, 0) is 6.54 Å². The number of aromatic nitrogens is 3. The molecule has 2 aromatic rings. The Morgan fingerprint density at radius 1 is 1.44 bits per heavy atom. The number of nitrogens with zero attached hydrogens (tertiary/aromatic N) is 2. The number of nitrogens with one attached hydrogen (secondary N) is 2. The maximum Gasteiger partial charge on any atom is 0.251 e. The monoisotopic (exact) mass is 264 g/mol. The lowest BCUT2D eigenvalue weighted by Crippen LogP contribution is -2.35. The Balaban J connectivity index is 2.25. The molecule has 0 aliphatic rings. The summed E-state index contributed by atoms with van der Waals surface area (Å²) in [6, 6.07) is 1.52. The van der Waals surface area contributed by atoms with E-state index in [-0.39, 0.29) is 11.1 Å². The Morgan fingerprint density at radius 3 is 2.83 bits per heavy atom. The van der Waals surface area contributed by atoms with E-state index in [1.807, 2.05) is 0 Å². The molecule has 6 heteroatoms.